The maximum atomic E-state index is 11.1. The van der Waals surface area contributed by atoms with E-state index in [-0.39, 0.29) is 28.5 Å². The summed E-state index contributed by atoms with van der Waals surface area (Å²) in [5, 5.41) is 9.53. The van der Waals surface area contributed by atoms with E-state index in [1.807, 2.05) is 0 Å². The first-order valence-corrected chi connectivity index (χ1v) is 7.81. The number of rotatable bonds is 1. The van der Waals surface area contributed by atoms with Gasteiger partial charge in [0.15, 0.2) is 0 Å². The summed E-state index contributed by atoms with van der Waals surface area (Å²) in [4.78, 5) is -0.362. The lowest BCUT2D eigenvalue weighted by molar-refractivity contribution is 0.464. The topological polar surface area (TPSA) is 74.6 Å². The van der Waals surface area contributed by atoms with Crippen LogP contribution in [0.2, 0.25) is 0 Å². The number of hydrogen-bond donors (Lipinski definition) is 2. The van der Waals surface area contributed by atoms with Crippen LogP contribution in [0.15, 0.2) is 22.8 Å². The minimum Gasteiger partial charge on any atom is -0.505 e. The second kappa shape index (κ2) is 4.61. The van der Waals surface area contributed by atoms with Crippen LogP contribution in [-0.4, -0.2) is 18.1 Å². The Bertz CT molecular complexity index is 495. The lowest BCUT2D eigenvalue weighted by Crippen LogP contribution is -2.02. The van der Waals surface area contributed by atoms with Crippen LogP contribution >= 0.6 is 63.7 Å². The second-order valence-corrected chi connectivity index (χ2v) is 6.94. The van der Waals surface area contributed by atoms with E-state index < -0.39 is 10.1 Å². The highest BCUT2D eigenvalue weighted by Crippen LogP contribution is 2.47. The van der Waals surface area contributed by atoms with Gasteiger partial charge in [0, 0.05) is 0 Å². The average molecular weight is 490 g/mol. The molecular weight excluding hydrogens is 488 g/mol. The van der Waals surface area contributed by atoms with Crippen LogP contribution in [0.1, 0.15) is 0 Å². The molecule has 0 aliphatic rings. The molecule has 0 saturated carbocycles. The van der Waals surface area contributed by atoms with Crippen molar-refractivity contribution in [3.8, 4) is 5.75 Å². The Labute approximate surface area is 119 Å². The highest BCUT2D eigenvalue weighted by Gasteiger charge is 2.26. The molecule has 15 heavy (non-hydrogen) atoms. The summed E-state index contributed by atoms with van der Waals surface area (Å²) in [6, 6.07) is 0. The molecule has 0 fully saturated rings. The summed E-state index contributed by atoms with van der Waals surface area (Å²) < 4.78 is 31.4. The molecule has 0 bridgehead atoms. The van der Waals surface area contributed by atoms with Gasteiger partial charge < -0.3 is 5.11 Å². The fourth-order valence-corrected chi connectivity index (χ4v) is 5.07. The first-order chi connectivity index (χ1) is 6.68. The molecule has 0 radical (unpaired) electrons. The van der Waals surface area contributed by atoms with Gasteiger partial charge in [0.05, 0.1) is 17.9 Å². The molecule has 1 aromatic carbocycles. The van der Waals surface area contributed by atoms with E-state index in [9.17, 15) is 13.5 Å². The summed E-state index contributed by atoms with van der Waals surface area (Å²) in [5.74, 6) is -0.179. The zero-order chi connectivity index (χ0) is 12.0. The van der Waals surface area contributed by atoms with Gasteiger partial charge in [-0.2, -0.15) is 8.42 Å². The van der Waals surface area contributed by atoms with Gasteiger partial charge in [-0.05, 0) is 63.7 Å². The van der Waals surface area contributed by atoms with Gasteiger partial charge in [-0.3, -0.25) is 4.55 Å². The van der Waals surface area contributed by atoms with Gasteiger partial charge in [-0.25, -0.2) is 0 Å². The smallest absolute Gasteiger partial charge is 0.296 e. The third-order valence-electron chi connectivity index (χ3n) is 1.46. The molecule has 0 spiro atoms. The maximum absolute atomic E-state index is 11.1. The van der Waals surface area contributed by atoms with Crippen LogP contribution in [-0.2, 0) is 10.1 Å². The third kappa shape index (κ3) is 2.58. The number of phenolic OH excluding ortho intramolecular Hbond substituents is 1. The molecule has 0 unspecified atom stereocenters. The van der Waals surface area contributed by atoms with E-state index >= 15 is 0 Å². The van der Waals surface area contributed by atoms with Gasteiger partial charge in [0.25, 0.3) is 10.1 Å². The normalized spacial score (nSPS) is 11.8. The van der Waals surface area contributed by atoms with Crippen molar-refractivity contribution < 1.29 is 18.1 Å². The standard InChI is InChI=1S/C6H2Br4O4S/c7-1-3(9)6(15(12,13)14)4(10)2(8)5(1)11/h11H,(H,12,13,14). The number of benzene rings is 1. The van der Waals surface area contributed by atoms with Crippen molar-refractivity contribution in [3.63, 3.8) is 0 Å². The van der Waals surface area contributed by atoms with Crippen molar-refractivity contribution in [2.24, 2.45) is 0 Å². The number of halogens is 4. The molecule has 9 heteroatoms. The molecule has 0 saturated heterocycles. The first kappa shape index (κ1) is 13.9. The van der Waals surface area contributed by atoms with Crippen LogP contribution in [0.4, 0.5) is 0 Å². The Kier molecular flexibility index (Phi) is 4.28. The highest BCUT2D eigenvalue weighted by atomic mass is 79.9. The molecule has 1 aromatic rings. The van der Waals surface area contributed by atoms with E-state index in [2.05, 4.69) is 63.7 Å². The van der Waals surface area contributed by atoms with Crippen molar-refractivity contribution in [1.29, 1.82) is 0 Å². The number of phenols is 1. The summed E-state index contributed by atoms with van der Waals surface area (Å²) in [5.41, 5.74) is 0. The summed E-state index contributed by atoms with van der Waals surface area (Å²) in [6.07, 6.45) is 0. The van der Waals surface area contributed by atoms with E-state index in [1.165, 1.54) is 0 Å². The van der Waals surface area contributed by atoms with Crippen molar-refractivity contribution in [3.05, 3.63) is 17.9 Å². The Morgan fingerprint density at radius 1 is 0.867 bits per heavy atom. The van der Waals surface area contributed by atoms with E-state index in [4.69, 9.17) is 4.55 Å². The zero-order valence-electron chi connectivity index (χ0n) is 6.63. The molecule has 0 amide bonds. The summed E-state index contributed by atoms with van der Waals surface area (Å²) >= 11 is 11.9. The van der Waals surface area contributed by atoms with Crippen molar-refractivity contribution in [2.75, 3.05) is 0 Å². The van der Waals surface area contributed by atoms with Crippen LogP contribution in [0.25, 0.3) is 0 Å². The highest BCUT2D eigenvalue weighted by molar-refractivity contribution is 9.14. The van der Waals surface area contributed by atoms with Gasteiger partial charge >= 0.3 is 0 Å². The Hall–Kier alpha value is 0.850. The summed E-state index contributed by atoms with van der Waals surface area (Å²) in [7, 11) is -4.39. The molecule has 0 atom stereocenters. The van der Waals surface area contributed by atoms with Crippen molar-refractivity contribution in [1.82, 2.24) is 0 Å². The lowest BCUT2D eigenvalue weighted by Gasteiger charge is -2.10. The van der Waals surface area contributed by atoms with Gasteiger partial charge in [-0.1, -0.05) is 0 Å². The minimum atomic E-state index is -4.39. The SMILES string of the molecule is O=S(=O)(O)c1c(Br)c(Br)c(O)c(Br)c1Br. The number of hydrogen-bond acceptors (Lipinski definition) is 3. The first-order valence-electron chi connectivity index (χ1n) is 3.20. The van der Waals surface area contributed by atoms with E-state index in [1.54, 1.807) is 0 Å². The molecule has 0 aliphatic heterocycles. The fraction of sp³-hybridized carbons (Fsp3) is 0. The van der Waals surface area contributed by atoms with Crippen molar-refractivity contribution >= 4 is 73.8 Å². The average Bonchev–Trinajstić information content (AvgIpc) is 2.09. The van der Waals surface area contributed by atoms with Crippen LogP contribution < -0.4 is 0 Å². The van der Waals surface area contributed by atoms with Crippen molar-refractivity contribution in [2.45, 2.75) is 4.90 Å². The molecule has 0 aliphatic carbocycles. The quantitative estimate of drug-likeness (QED) is 0.466. The van der Waals surface area contributed by atoms with Gasteiger partial charge in [0.1, 0.15) is 10.6 Å². The van der Waals surface area contributed by atoms with Crippen LogP contribution in [0, 0.1) is 0 Å². The van der Waals surface area contributed by atoms with Crippen LogP contribution in [0.3, 0.4) is 0 Å². The molecule has 0 heterocycles. The fourth-order valence-electron chi connectivity index (χ4n) is 0.826. The molecular formula is C6H2Br4O4S. The largest absolute Gasteiger partial charge is 0.505 e. The molecule has 84 valence electrons. The van der Waals surface area contributed by atoms with E-state index in [0.717, 1.165) is 0 Å². The molecule has 0 aromatic heterocycles. The van der Waals surface area contributed by atoms with Crippen LogP contribution in [0.5, 0.6) is 5.75 Å². The molecule has 1 rings (SSSR count). The second-order valence-electron chi connectivity index (χ2n) is 2.41. The molecule has 2 N–H and O–H groups in total. The Morgan fingerprint density at radius 3 is 1.47 bits per heavy atom. The summed E-state index contributed by atoms with van der Waals surface area (Å²) in [6.45, 7) is 0. The monoisotopic (exact) mass is 486 g/mol. The Morgan fingerprint density at radius 2 is 1.20 bits per heavy atom. The van der Waals surface area contributed by atoms with E-state index in [0.29, 0.717) is 0 Å². The van der Waals surface area contributed by atoms with Gasteiger partial charge in [0.2, 0.25) is 0 Å². The predicted molar refractivity (Wildman–Crippen MR) is 68.7 cm³/mol. The Balaban J connectivity index is 3.84. The minimum absolute atomic E-state index is 0.0394. The molecule has 4 nitrogen and oxygen atoms in total. The lowest BCUT2D eigenvalue weighted by atomic mass is 10.3. The zero-order valence-corrected chi connectivity index (χ0v) is 13.8. The number of aromatic hydroxyl groups is 1. The predicted octanol–water partition coefficient (Wildman–Crippen LogP) is 3.69. The third-order valence-corrected chi connectivity index (χ3v) is 7.10. The maximum Gasteiger partial charge on any atom is 0.296 e. The van der Waals surface area contributed by atoms with Gasteiger partial charge in [-0.15, -0.1) is 0 Å².